The highest BCUT2D eigenvalue weighted by molar-refractivity contribution is 5.67. The van der Waals surface area contributed by atoms with Crippen LogP contribution in [-0.4, -0.2) is 12.3 Å². The first-order valence-electron chi connectivity index (χ1n) is 1.81. The summed E-state index contributed by atoms with van der Waals surface area (Å²) in [5, 5.41) is 0. The molecule has 0 aromatic rings. The van der Waals surface area contributed by atoms with E-state index in [1.807, 2.05) is 0 Å². The van der Waals surface area contributed by atoms with Crippen molar-refractivity contribution in [1.29, 1.82) is 0 Å². The van der Waals surface area contributed by atoms with Gasteiger partial charge in [-0.25, -0.2) is 4.99 Å². The minimum Gasteiger partial charge on any atom is -0.242 e. The Kier molecular flexibility index (Phi) is 1.16. The van der Waals surface area contributed by atoms with E-state index < -0.39 is 0 Å². The maximum Gasteiger partial charge on any atom is 0.126 e. The summed E-state index contributed by atoms with van der Waals surface area (Å²) in [5.41, 5.74) is 0. The van der Waals surface area contributed by atoms with Crippen LogP contribution < -0.4 is 0 Å². The van der Waals surface area contributed by atoms with Crippen LogP contribution >= 0.6 is 0 Å². The average Bonchev–Trinajstić information content (AvgIpc) is 1.90. The van der Waals surface area contributed by atoms with E-state index in [1.165, 1.54) is 12.5 Å². The van der Waals surface area contributed by atoms with Gasteiger partial charge in [0.05, 0.1) is 6.20 Å². The Labute approximate surface area is 40.8 Å². The fourth-order valence-electron chi connectivity index (χ4n) is 0.236. The van der Waals surface area contributed by atoms with Gasteiger partial charge in [0.25, 0.3) is 0 Å². The molecule has 0 unspecified atom stereocenters. The van der Waals surface area contributed by atoms with Crippen LogP contribution in [0.25, 0.3) is 0 Å². The van der Waals surface area contributed by atoms with Crippen molar-refractivity contribution < 1.29 is 0 Å². The van der Waals surface area contributed by atoms with Gasteiger partial charge in [0, 0.05) is 6.20 Å². The molecule has 0 saturated carbocycles. The average molecular weight is 93.1 g/mol. The maximum atomic E-state index is 3.64. The molecule has 0 aliphatic carbocycles. The summed E-state index contributed by atoms with van der Waals surface area (Å²) in [5.74, 6) is 0. The zero-order valence-corrected chi connectivity index (χ0v) is 3.57. The topological polar surface area (TPSA) is 37.1 Å². The lowest BCUT2D eigenvalue weighted by Gasteiger charge is -1.61. The van der Waals surface area contributed by atoms with Crippen molar-refractivity contribution in [2.75, 3.05) is 0 Å². The highest BCUT2D eigenvalue weighted by Crippen LogP contribution is 1.76. The molecule has 0 aromatic heterocycles. The molecule has 1 rings (SSSR count). The molecule has 0 saturated heterocycles. The Bertz CT molecular complexity index is 144. The molecular formula is C4H3N3. The Hall–Kier alpha value is -1.21. The van der Waals surface area contributed by atoms with Crippen LogP contribution in [0.3, 0.4) is 0 Å². The fraction of sp³-hybridized carbons (Fsp3) is 0. The highest BCUT2D eigenvalue weighted by Gasteiger charge is 1.64. The second-order valence-corrected chi connectivity index (χ2v) is 0.921. The van der Waals surface area contributed by atoms with Crippen molar-refractivity contribution in [3.05, 3.63) is 12.4 Å². The van der Waals surface area contributed by atoms with E-state index >= 15 is 0 Å². The minimum absolute atomic E-state index is 1.38. The van der Waals surface area contributed by atoms with Crippen LogP contribution in [0.4, 0.5) is 0 Å². The molecule has 0 fully saturated rings. The summed E-state index contributed by atoms with van der Waals surface area (Å²) in [6, 6.07) is 2.36. The summed E-state index contributed by atoms with van der Waals surface area (Å²) >= 11 is 0. The van der Waals surface area contributed by atoms with Gasteiger partial charge in [-0.15, -0.1) is 0 Å². The van der Waals surface area contributed by atoms with Gasteiger partial charge in [0.15, 0.2) is 0 Å². The lowest BCUT2D eigenvalue weighted by Crippen LogP contribution is -1.54. The standard InChI is InChI=1S/C4H3N3/c1-2-6-4-7-3-5-1/h1-3H. The molecule has 3 heteroatoms. The lowest BCUT2D eigenvalue weighted by atomic mass is 10.9. The molecular weight excluding hydrogens is 90.1 g/mol. The van der Waals surface area contributed by atoms with E-state index in [-0.39, 0.29) is 0 Å². The van der Waals surface area contributed by atoms with Crippen molar-refractivity contribution in [1.82, 2.24) is 0 Å². The van der Waals surface area contributed by atoms with Crippen LogP contribution in [0, 0.1) is 0 Å². The van der Waals surface area contributed by atoms with Gasteiger partial charge < -0.3 is 0 Å². The molecule has 34 valence electrons. The van der Waals surface area contributed by atoms with Crippen molar-refractivity contribution in [3.63, 3.8) is 0 Å². The predicted octanol–water partition coefficient (Wildman–Crippen LogP) is 0.673. The normalized spacial score (nSPS) is 14.9. The maximum absolute atomic E-state index is 3.64. The number of aliphatic imine (C=N–C) groups is 3. The summed E-state index contributed by atoms with van der Waals surface area (Å²) < 4.78 is 0. The SMILES string of the molecule is C1=NC=CN=CN=1. The van der Waals surface area contributed by atoms with Gasteiger partial charge in [-0.05, 0) is 0 Å². The van der Waals surface area contributed by atoms with E-state index in [1.54, 1.807) is 6.20 Å². The zero-order valence-electron chi connectivity index (χ0n) is 3.57. The van der Waals surface area contributed by atoms with Crippen molar-refractivity contribution in [2.45, 2.75) is 0 Å². The van der Waals surface area contributed by atoms with Gasteiger partial charge in [0.2, 0.25) is 0 Å². The molecule has 0 bridgehead atoms. The first-order valence-corrected chi connectivity index (χ1v) is 1.81. The fourth-order valence-corrected chi connectivity index (χ4v) is 0.236. The molecule has 0 spiro atoms. The molecule has 0 radical (unpaired) electrons. The quantitative estimate of drug-likeness (QED) is 0.422. The summed E-state index contributed by atoms with van der Waals surface area (Å²) in [7, 11) is 0. The second-order valence-electron chi connectivity index (χ2n) is 0.921. The first kappa shape index (κ1) is 3.96. The van der Waals surface area contributed by atoms with E-state index in [0.29, 0.717) is 0 Å². The third-order valence-electron chi connectivity index (χ3n) is 0.467. The van der Waals surface area contributed by atoms with Crippen molar-refractivity contribution in [2.24, 2.45) is 15.0 Å². The molecule has 1 heterocycles. The van der Waals surface area contributed by atoms with Crippen LogP contribution in [-0.2, 0) is 0 Å². The van der Waals surface area contributed by atoms with E-state index in [9.17, 15) is 0 Å². The Morgan fingerprint density at radius 3 is 3.14 bits per heavy atom. The largest absolute Gasteiger partial charge is 0.242 e. The summed E-state index contributed by atoms with van der Waals surface area (Å²) in [4.78, 5) is 10.7. The number of nitrogens with zero attached hydrogens (tertiary/aromatic N) is 3. The number of rotatable bonds is 0. The van der Waals surface area contributed by atoms with Crippen LogP contribution in [0.2, 0.25) is 0 Å². The highest BCUT2D eigenvalue weighted by atomic mass is 14.9. The van der Waals surface area contributed by atoms with Gasteiger partial charge in [-0.3, -0.25) is 0 Å². The molecule has 0 atom stereocenters. The third-order valence-corrected chi connectivity index (χ3v) is 0.467. The van der Waals surface area contributed by atoms with Gasteiger partial charge in [-0.2, -0.15) is 9.98 Å². The Balaban J connectivity index is 2.86. The lowest BCUT2D eigenvalue weighted by molar-refractivity contribution is 1.51. The molecule has 0 amide bonds. The van der Waals surface area contributed by atoms with E-state index in [0.717, 1.165) is 0 Å². The van der Waals surface area contributed by atoms with E-state index in [4.69, 9.17) is 0 Å². The van der Waals surface area contributed by atoms with Crippen LogP contribution in [0.1, 0.15) is 0 Å². The number of hydrogen-bond donors (Lipinski definition) is 0. The number of hydrogen-bond acceptors (Lipinski definition) is 3. The second kappa shape index (κ2) is 2.05. The first-order chi connectivity index (χ1) is 3.50. The monoisotopic (exact) mass is 93.0 g/mol. The summed E-state index contributed by atoms with van der Waals surface area (Å²) in [6.45, 7) is 0. The molecule has 1 aliphatic rings. The van der Waals surface area contributed by atoms with Crippen LogP contribution in [0.5, 0.6) is 0 Å². The third kappa shape index (κ3) is 1.11. The van der Waals surface area contributed by atoms with E-state index in [2.05, 4.69) is 21.0 Å². The Morgan fingerprint density at radius 1 is 1.14 bits per heavy atom. The smallest absolute Gasteiger partial charge is 0.126 e. The zero-order chi connectivity index (χ0) is 4.95. The summed E-state index contributed by atoms with van der Waals surface area (Å²) in [6.07, 6.45) is 4.45. The van der Waals surface area contributed by atoms with Gasteiger partial charge in [0.1, 0.15) is 12.3 Å². The van der Waals surface area contributed by atoms with Crippen molar-refractivity contribution >= 4 is 12.3 Å². The Morgan fingerprint density at radius 2 is 2.14 bits per heavy atom. The molecule has 7 heavy (non-hydrogen) atoms. The van der Waals surface area contributed by atoms with Crippen LogP contribution in [0.15, 0.2) is 27.4 Å². The molecule has 1 aliphatic heterocycles. The molecule has 3 nitrogen and oxygen atoms in total. The predicted molar refractivity (Wildman–Crippen MR) is 27.5 cm³/mol. The van der Waals surface area contributed by atoms with Gasteiger partial charge >= 0.3 is 0 Å². The molecule has 0 N–H and O–H groups in total. The minimum atomic E-state index is 1.38. The molecule has 0 aromatic carbocycles. The van der Waals surface area contributed by atoms with Crippen molar-refractivity contribution in [3.8, 4) is 0 Å². The van der Waals surface area contributed by atoms with Gasteiger partial charge in [-0.1, -0.05) is 0 Å².